The van der Waals surface area contributed by atoms with Crippen LogP contribution in [0.25, 0.3) is 0 Å². The molecule has 1 amide bonds. The van der Waals surface area contributed by atoms with E-state index in [4.69, 9.17) is 16.3 Å². The molecule has 0 aliphatic carbocycles. The molecule has 4 nitrogen and oxygen atoms in total. The molecule has 0 spiro atoms. The quantitative estimate of drug-likeness (QED) is 0.877. The van der Waals surface area contributed by atoms with Gasteiger partial charge in [0, 0.05) is 17.6 Å². The van der Waals surface area contributed by atoms with Gasteiger partial charge >= 0.3 is 0 Å². The van der Waals surface area contributed by atoms with Gasteiger partial charge in [-0.25, -0.2) is 0 Å². The first-order chi connectivity index (χ1) is 9.16. The van der Waals surface area contributed by atoms with E-state index in [2.05, 4.69) is 10.6 Å². The molecule has 1 saturated heterocycles. The fourth-order valence-corrected chi connectivity index (χ4v) is 2.33. The van der Waals surface area contributed by atoms with Crippen molar-refractivity contribution in [3.63, 3.8) is 0 Å². The fraction of sp³-hybridized carbons (Fsp3) is 0.500. The second-order valence-electron chi connectivity index (χ2n) is 4.79. The Balaban J connectivity index is 1.85. The summed E-state index contributed by atoms with van der Waals surface area (Å²) in [5.74, 6) is -0.0146. The molecular weight excluding hydrogens is 264 g/mol. The summed E-state index contributed by atoms with van der Waals surface area (Å²) in [5, 5.41) is 6.86. The van der Waals surface area contributed by atoms with Crippen molar-refractivity contribution in [1.29, 1.82) is 0 Å². The minimum absolute atomic E-state index is 0.0146. The lowest BCUT2D eigenvalue weighted by atomic mass is 10.1. The van der Waals surface area contributed by atoms with Crippen molar-refractivity contribution in [1.82, 2.24) is 10.6 Å². The zero-order chi connectivity index (χ0) is 13.7. The third kappa shape index (κ3) is 4.20. The van der Waals surface area contributed by atoms with E-state index >= 15 is 0 Å². The Morgan fingerprint density at radius 3 is 3.05 bits per heavy atom. The van der Waals surface area contributed by atoms with Crippen LogP contribution in [0.4, 0.5) is 0 Å². The van der Waals surface area contributed by atoms with Crippen LogP contribution in [0.1, 0.15) is 12.5 Å². The molecule has 1 aliphatic heterocycles. The summed E-state index contributed by atoms with van der Waals surface area (Å²) in [5.41, 5.74) is 1.05. The predicted octanol–water partition coefficient (Wildman–Crippen LogP) is 1.38. The fourth-order valence-electron chi connectivity index (χ4n) is 2.12. The molecule has 2 atom stereocenters. The first-order valence-corrected chi connectivity index (χ1v) is 6.89. The van der Waals surface area contributed by atoms with Gasteiger partial charge in [-0.2, -0.15) is 0 Å². The van der Waals surface area contributed by atoms with Crippen LogP contribution in [-0.2, 0) is 16.0 Å². The third-order valence-electron chi connectivity index (χ3n) is 3.11. The van der Waals surface area contributed by atoms with Crippen LogP contribution < -0.4 is 10.6 Å². The van der Waals surface area contributed by atoms with E-state index in [-0.39, 0.29) is 18.0 Å². The number of rotatable bonds is 4. The van der Waals surface area contributed by atoms with E-state index in [1.54, 1.807) is 0 Å². The third-order valence-corrected chi connectivity index (χ3v) is 3.48. The summed E-state index contributed by atoms with van der Waals surface area (Å²) < 4.78 is 5.28. The first kappa shape index (κ1) is 14.3. The van der Waals surface area contributed by atoms with Gasteiger partial charge in [0.2, 0.25) is 5.91 Å². The molecular formula is C14H19ClN2O2. The standard InChI is InChI=1S/C14H19ClN2O2/c1-10(8-11-4-2-3-5-12(11)15)17-14(18)13-9-19-7-6-16-13/h2-5,10,13,16H,6-9H2,1H3,(H,17,18). The zero-order valence-electron chi connectivity index (χ0n) is 11.0. The Bertz CT molecular complexity index is 433. The van der Waals surface area contributed by atoms with Gasteiger partial charge in [-0.05, 0) is 25.0 Å². The van der Waals surface area contributed by atoms with E-state index in [9.17, 15) is 4.79 Å². The highest BCUT2D eigenvalue weighted by atomic mass is 35.5. The molecule has 0 aromatic heterocycles. The molecule has 0 bridgehead atoms. The number of ether oxygens (including phenoxy) is 1. The number of morpholine rings is 1. The minimum atomic E-state index is -0.248. The number of nitrogens with one attached hydrogen (secondary N) is 2. The van der Waals surface area contributed by atoms with E-state index in [0.717, 1.165) is 23.6 Å². The van der Waals surface area contributed by atoms with Crippen molar-refractivity contribution >= 4 is 17.5 Å². The molecule has 2 unspecified atom stereocenters. The maximum absolute atomic E-state index is 12.0. The molecule has 1 aromatic carbocycles. The van der Waals surface area contributed by atoms with Crippen molar-refractivity contribution in [3.8, 4) is 0 Å². The Morgan fingerprint density at radius 2 is 2.37 bits per heavy atom. The maximum atomic E-state index is 12.0. The summed E-state index contributed by atoms with van der Waals surface area (Å²) in [7, 11) is 0. The Kier molecular flexibility index (Phi) is 5.19. The van der Waals surface area contributed by atoms with Crippen LogP contribution in [0.5, 0.6) is 0 Å². The van der Waals surface area contributed by atoms with Crippen LogP contribution in [0.3, 0.4) is 0 Å². The molecule has 5 heteroatoms. The van der Waals surface area contributed by atoms with Gasteiger partial charge < -0.3 is 15.4 Å². The SMILES string of the molecule is CC(Cc1ccccc1Cl)NC(=O)C1COCCN1. The normalized spacial score (nSPS) is 20.8. The van der Waals surface area contributed by atoms with Gasteiger partial charge in [0.05, 0.1) is 13.2 Å². The van der Waals surface area contributed by atoms with Crippen molar-refractivity contribution < 1.29 is 9.53 Å². The number of carbonyl (C=O) groups excluding carboxylic acids is 1. The first-order valence-electron chi connectivity index (χ1n) is 6.51. The number of hydrogen-bond donors (Lipinski definition) is 2. The zero-order valence-corrected chi connectivity index (χ0v) is 11.7. The number of benzene rings is 1. The topological polar surface area (TPSA) is 50.4 Å². The maximum Gasteiger partial charge on any atom is 0.239 e. The second-order valence-corrected chi connectivity index (χ2v) is 5.19. The minimum Gasteiger partial charge on any atom is -0.378 e. The average Bonchev–Trinajstić information content (AvgIpc) is 2.42. The van der Waals surface area contributed by atoms with Crippen LogP contribution in [-0.4, -0.2) is 37.7 Å². The van der Waals surface area contributed by atoms with E-state index < -0.39 is 0 Å². The highest BCUT2D eigenvalue weighted by Gasteiger charge is 2.22. The molecule has 1 heterocycles. The largest absolute Gasteiger partial charge is 0.378 e. The predicted molar refractivity (Wildman–Crippen MR) is 75.4 cm³/mol. The van der Waals surface area contributed by atoms with E-state index in [0.29, 0.717) is 13.2 Å². The molecule has 1 aromatic rings. The Morgan fingerprint density at radius 1 is 1.58 bits per heavy atom. The highest BCUT2D eigenvalue weighted by molar-refractivity contribution is 6.31. The van der Waals surface area contributed by atoms with E-state index in [1.807, 2.05) is 31.2 Å². The molecule has 104 valence electrons. The lowest BCUT2D eigenvalue weighted by Crippen LogP contribution is -2.53. The Labute approximate surface area is 118 Å². The van der Waals surface area contributed by atoms with Crippen LogP contribution in [0.2, 0.25) is 5.02 Å². The number of carbonyl (C=O) groups is 1. The van der Waals surface area contributed by atoms with Gasteiger partial charge in [-0.15, -0.1) is 0 Å². The lowest BCUT2D eigenvalue weighted by Gasteiger charge is -2.25. The van der Waals surface area contributed by atoms with Crippen LogP contribution in [0, 0.1) is 0 Å². The average molecular weight is 283 g/mol. The Hall–Kier alpha value is -1.10. The van der Waals surface area contributed by atoms with Crippen LogP contribution in [0.15, 0.2) is 24.3 Å². The van der Waals surface area contributed by atoms with Crippen LogP contribution >= 0.6 is 11.6 Å². The van der Waals surface area contributed by atoms with Crippen molar-refractivity contribution in [3.05, 3.63) is 34.9 Å². The number of amides is 1. The highest BCUT2D eigenvalue weighted by Crippen LogP contribution is 2.16. The molecule has 2 N–H and O–H groups in total. The molecule has 0 saturated carbocycles. The second kappa shape index (κ2) is 6.89. The molecule has 2 rings (SSSR count). The summed E-state index contributed by atoms with van der Waals surface area (Å²) in [6.07, 6.45) is 0.721. The van der Waals surface area contributed by atoms with Gasteiger partial charge in [0.15, 0.2) is 0 Å². The van der Waals surface area contributed by atoms with Crippen molar-refractivity contribution in [2.24, 2.45) is 0 Å². The van der Waals surface area contributed by atoms with Gasteiger partial charge in [0.1, 0.15) is 6.04 Å². The number of hydrogen-bond acceptors (Lipinski definition) is 3. The molecule has 1 fully saturated rings. The van der Waals surface area contributed by atoms with E-state index in [1.165, 1.54) is 0 Å². The van der Waals surface area contributed by atoms with Gasteiger partial charge in [-0.1, -0.05) is 29.8 Å². The lowest BCUT2D eigenvalue weighted by molar-refractivity contribution is -0.126. The molecule has 0 radical (unpaired) electrons. The summed E-state index contributed by atoms with van der Waals surface area (Å²) in [6, 6.07) is 7.48. The monoisotopic (exact) mass is 282 g/mol. The van der Waals surface area contributed by atoms with Crippen molar-refractivity contribution in [2.75, 3.05) is 19.8 Å². The van der Waals surface area contributed by atoms with Gasteiger partial charge in [0.25, 0.3) is 0 Å². The number of halogens is 1. The smallest absolute Gasteiger partial charge is 0.239 e. The summed E-state index contributed by atoms with van der Waals surface area (Å²) in [6.45, 7) is 3.80. The molecule has 19 heavy (non-hydrogen) atoms. The summed E-state index contributed by atoms with van der Waals surface area (Å²) in [4.78, 5) is 12.0. The van der Waals surface area contributed by atoms with Crippen molar-refractivity contribution in [2.45, 2.75) is 25.4 Å². The molecule has 1 aliphatic rings. The van der Waals surface area contributed by atoms with Gasteiger partial charge in [-0.3, -0.25) is 4.79 Å². The summed E-state index contributed by atoms with van der Waals surface area (Å²) >= 11 is 6.11.